The van der Waals surface area contributed by atoms with Crippen molar-refractivity contribution in [3.05, 3.63) is 40.1 Å². The first-order valence-electron chi connectivity index (χ1n) is 7.53. The smallest absolute Gasteiger partial charge is 0.355 e. The van der Waals surface area contributed by atoms with Crippen LogP contribution in [0.1, 0.15) is 5.56 Å². The Balaban J connectivity index is 0.00000243. The number of β-lactam (4-membered cyclic amide) rings is 1. The Hall–Kier alpha value is -1.12. The Morgan fingerprint density at radius 1 is 1.46 bits per heavy atom. The van der Waals surface area contributed by atoms with Crippen molar-refractivity contribution in [3.63, 3.8) is 0 Å². The van der Waals surface area contributed by atoms with Gasteiger partial charge in [0.2, 0.25) is 0 Å². The molecule has 1 amide bonds. The molecule has 0 unspecified atom stereocenters. The fraction of sp³-hybridized carbons (Fsp3) is 0.375. The van der Waals surface area contributed by atoms with Crippen LogP contribution in [0.2, 0.25) is 5.02 Å². The second-order valence-electron chi connectivity index (χ2n) is 5.65. The lowest BCUT2D eigenvalue weighted by Crippen LogP contribution is -3.00. The molecule has 142 valence electrons. The van der Waals surface area contributed by atoms with Gasteiger partial charge in [0.25, 0.3) is 5.91 Å². The molecule has 2 aliphatic rings. The highest BCUT2D eigenvalue weighted by Crippen LogP contribution is 2.39. The molecule has 0 saturated carbocycles. The van der Waals surface area contributed by atoms with Crippen molar-refractivity contribution >= 4 is 46.8 Å². The van der Waals surface area contributed by atoms with E-state index in [0.717, 1.165) is 5.56 Å². The SMILES string of the molecule is COc1ccc(COC(=O)C2=C(CCl)CS[C@@H]3[C@H]([NH3+])C(=O)N23)cc1Cl.[Cl-]. The quantitative estimate of drug-likeness (QED) is 0.340. The number of fused-ring (bicyclic) bond motifs is 1. The van der Waals surface area contributed by atoms with Crippen LogP contribution in [0.15, 0.2) is 29.5 Å². The number of carbonyl (C=O) groups excluding carboxylic acids is 2. The van der Waals surface area contributed by atoms with Crippen LogP contribution >= 0.6 is 35.0 Å². The molecule has 3 rings (SSSR count). The molecule has 6 nitrogen and oxygen atoms in total. The van der Waals surface area contributed by atoms with Crippen molar-refractivity contribution in [2.24, 2.45) is 0 Å². The molecule has 2 heterocycles. The summed E-state index contributed by atoms with van der Waals surface area (Å²) in [5.41, 5.74) is 5.50. The van der Waals surface area contributed by atoms with Crippen LogP contribution in [0.4, 0.5) is 0 Å². The van der Waals surface area contributed by atoms with E-state index in [2.05, 4.69) is 5.73 Å². The molecule has 2 aliphatic heterocycles. The number of hydrogen-bond acceptors (Lipinski definition) is 5. The topological polar surface area (TPSA) is 83.5 Å². The number of carbonyl (C=O) groups is 2. The molecule has 3 N–H and O–H groups in total. The Morgan fingerprint density at radius 2 is 2.19 bits per heavy atom. The van der Waals surface area contributed by atoms with Crippen molar-refractivity contribution in [2.75, 3.05) is 18.7 Å². The fourth-order valence-corrected chi connectivity index (χ4v) is 4.67. The van der Waals surface area contributed by atoms with Crippen molar-refractivity contribution in [3.8, 4) is 5.75 Å². The molecule has 1 aromatic rings. The minimum absolute atomic E-state index is 0. The highest BCUT2D eigenvalue weighted by Gasteiger charge is 2.54. The van der Waals surface area contributed by atoms with Gasteiger partial charge in [-0.15, -0.1) is 23.4 Å². The molecule has 0 bridgehead atoms. The average Bonchev–Trinajstić information content (AvgIpc) is 2.64. The van der Waals surface area contributed by atoms with E-state index in [9.17, 15) is 9.59 Å². The summed E-state index contributed by atoms with van der Waals surface area (Å²) in [6.45, 7) is 0.0370. The van der Waals surface area contributed by atoms with Crippen LogP contribution in [0.3, 0.4) is 0 Å². The maximum absolute atomic E-state index is 12.6. The third kappa shape index (κ3) is 3.77. The van der Waals surface area contributed by atoms with Gasteiger partial charge in [0.05, 0.1) is 12.1 Å². The predicted molar refractivity (Wildman–Crippen MR) is 95.3 cm³/mol. The van der Waals surface area contributed by atoms with Crippen LogP contribution in [0.5, 0.6) is 5.75 Å². The zero-order valence-corrected chi connectivity index (χ0v) is 16.9. The van der Waals surface area contributed by atoms with E-state index in [0.29, 0.717) is 22.1 Å². The normalized spacial score (nSPS) is 21.5. The van der Waals surface area contributed by atoms with Crippen LogP contribution < -0.4 is 22.9 Å². The number of ether oxygens (including phenoxy) is 2. The summed E-state index contributed by atoms with van der Waals surface area (Å²) in [7, 11) is 1.53. The number of alkyl halides is 1. The number of hydrogen-bond donors (Lipinski definition) is 1. The first-order chi connectivity index (χ1) is 12.0. The second-order valence-corrected chi connectivity index (χ2v) is 7.43. The Morgan fingerprint density at radius 3 is 2.81 bits per heavy atom. The Kier molecular flexibility index (Phi) is 7.10. The molecule has 1 fully saturated rings. The number of nitrogens with zero attached hydrogens (tertiary/aromatic N) is 1. The lowest BCUT2D eigenvalue weighted by Gasteiger charge is -2.45. The van der Waals surface area contributed by atoms with Crippen LogP contribution in [-0.4, -0.2) is 46.9 Å². The molecule has 1 saturated heterocycles. The van der Waals surface area contributed by atoms with Crippen molar-refractivity contribution < 1.29 is 37.2 Å². The number of thioether (sulfide) groups is 1. The molecule has 0 aliphatic carbocycles. The van der Waals surface area contributed by atoms with Gasteiger partial charge >= 0.3 is 5.97 Å². The summed E-state index contributed by atoms with van der Waals surface area (Å²) in [6.07, 6.45) is 0. The molecule has 26 heavy (non-hydrogen) atoms. The zero-order valence-electron chi connectivity index (χ0n) is 13.8. The van der Waals surface area contributed by atoms with Gasteiger partial charge in [-0.3, -0.25) is 9.69 Å². The summed E-state index contributed by atoms with van der Waals surface area (Å²) in [4.78, 5) is 26.1. The number of rotatable bonds is 5. The maximum atomic E-state index is 12.6. The lowest BCUT2D eigenvalue weighted by atomic mass is 10.0. The Labute approximate surface area is 171 Å². The number of esters is 1. The summed E-state index contributed by atoms with van der Waals surface area (Å²) >= 11 is 13.6. The van der Waals surface area contributed by atoms with Gasteiger partial charge < -0.3 is 27.6 Å². The summed E-state index contributed by atoms with van der Waals surface area (Å²) in [5.74, 6) is 0.559. The number of quaternary nitrogens is 1. The summed E-state index contributed by atoms with van der Waals surface area (Å²) < 4.78 is 10.5. The molecule has 2 atom stereocenters. The van der Waals surface area contributed by atoms with E-state index in [1.54, 1.807) is 30.0 Å². The molecular weight excluding hydrogens is 423 g/mol. The molecular formula is C16H17Cl3N2O4S. The maximum Gasteiger partial charge on any atom is 0.355 e. The molecule has 10 heteroatoms. The Bertz CT molecular complexity index is 759. The monoisotopic (exact) mass is 438 g/mol. The third-order valence-electron chi connectivity index (χ3n) is 4.10. The molecule has 0 aromatic heterocycles. The van der Waals surface area contributed by atoms with Crippen LogP contribution in [-0.2, 0) is 20.9 Å². The van der Waals surface area contributed by atoms with Gasteiger partial charge in [0, 0.05) is 11.6 Å². The van der Waals surface area contributed by atoms with Gasteiger partial charge in [0.1, 0.15) is 23.4 Å². The number of methoxy groups -OCH3 is 1. The number of amides is 1. The highest BCUT2D eigenvalue weighted by molar-refractivity contribution is 8.00. The van der Waals surface area contributed by atoms with Gasteiger partial charge in [-0.2, -0.15) is 0 Å². The lowest BCUT2D eigenvalue weighted by molar-refractivity contribution is -0.423. The molecule has 0 spiro atoms. The van der Waals surface area contributed by atoms with Gasteiger partial charge in [-0.1, -0.05) is 17.7 Å². The first kappa shape index (κ1) is 21.2. The van der Waals surface area contributed by atoms with E-state index < -0.39 is 5.97 Å². The minimum Gasteiger partial charge on any atom is -1.00 e. The van der Waals surface area contributed by atoms with E-state index in [1.807, 2.05) is 0 Å². The van der Waals surface area contributed by atoms with E-state index >= 15 is 0 Å². The van der Waals surface area contributed by atoms with Crippen molar-refractivity contribution in [2.45, 2.75) is 18.0 Å². The largest absolute Gasteiger partial charge is 1.00 e. The van der Waals surface area contributed by atoms with Crippen LogP contribution in [0.25, 0.3) is 0 Å². The highest BCUT2D eigenvalue weighted by atomic mass is 35.5. The molecule has 0 radical (unpaired) electrons. The van der Waals surface area contributed by atoms with E-state index in [-0.39, 0.29) is 47.9 Å². The standard InChI is InChI=1S/C16H16Cl2N2O4S.ClH/c1-23-11-3-2-8(4-10(11)18)6-24-16(22)13-9(5-17)7-25-15-12(19)14(21)20(13)15;/h2-4,12,15H,5-7,19H2,1H3;1H/t12-,15-;/m1./s1. The zero-order chi connectivity index (χ0) is 18.1. The van der Waals surface area contributed by atoms with E-state index in [4.69, 9.17) is 32.7 Å². The number of halogens is 3. The fourth-order valence-electron chi connectivity index (χ4n) is 2.74. The minimum atomic E-state index is -0.562. The van der Waals surface area contributed by atoms with Gasteiger partial charge in [-0.05, 0) is 23.3 Å². The van der Waals surface area contributed by atoms with Crippen LogP contribution in [0, 0.1) is 0 Å². The average molecular weight is 440 g/mol. The van der Waals surface area contributed by atoms with Gasteiger partial charge in [0.15, 0.2) is 6.04 Å². The summed E-state index contributed by atoms with van der Waals surface area (Å²) in [6, 6.07) is 4.79. The number of benzene rings is 1. The predicted octanol–water partition coefficient (Wildman–Crippen LogP) is -1.59. The van der Waals surface area contributed by atoms with Gasteiger partial charge in [-0.25, -0.2) is 4.79 Å². The van der Waals surface area contributed by atoms with E-state index in [1.165, 1.54) is 12.0 Å². The van der Waals surface area contributed by atoms with Crippen molar-refractivity contribution in [1.82, 2.24) is 4.90 Å². The third-order valence-corrected chi connectivity index (χ3v) is 6.11. The molecule has 1 aromatic carbocycles. The first-order valence-corrected chi connectivity index (χ1v) is 9.49. The second kappa shape index (κ2) is 8.71. The summed E-state index contributed by atoms with van der Waals surface area (Å²) in [5, 5.41) is 0.307. The van der Waals surface area contributed by atoms with Crippen molar-refractivity contribution in [1.29, 1.82) is 0 Å².